The minimum atomic E-state index is -0.0680. The lowest BCUT2D eigenvalue weighted by Gasteiger charge is -2.13. The van der Waals surface area contributed by atoms with Crippen LogP contribution in [-0.2, 0) is 19.5 Å². The first-order valence-corrected chi connectivity index (χ1v) is 9.86. The molecule has 0 atom stereocenters. The van der Waals surface area contributed by atoms with Gasteiger partial charge in [0.2, 0.25) is 0 Å². The molecule has 0 bridgehead atoms. The largest absolute Gasteiger partial charge is 0.357 e. The monoisotopic (exact) mass is 384 g/mol. The van der Waals surface area contributed by atoms with Crippen LogP contribution in [0.25, 0.3) is 0 Å². The Kier molecular flexibility index (Phi) is 8.52. The molecule has 0 spiro atoms. The van der Waals surface area contributed by atoms with Crippen molar-refractivity contribution >= 4 is 11.9 Å². The van der Waals surface area contributed by atoms with E-state index in [0.717, 1.165) is 43.4 Å². The summed E-state index contributed by atoms with van der Waals surface area (Å²) in [5, 5.41) is 9.28. The highest BCUT2D eigenvalue weighted by molar-refractivity contribution is 5.94. The molecule has 0 radical (unpaired) electrons. The van der Waals surface area contributed by atoms with Crippen LogP contribution in [0.2, 0.25) is 0 Å². The number of hydrogen-bond donors (Lipinski definition) is 3. The van der Waals surface area contributed by atoms with E-state index >= 15 is 0 Å². The van der Waals surface area contributed by atoms with Crippen LogP contribution in [0.5, 0.6) is 0 Å². The number of benzene rings is 1. The summed E-state index contributed by atoms with van der Waals surface area (Å²) >= 11 is 0. The zero-order valence-corrected chi connectivity index (χ0v) is 17.3. The summed E-state index contributed by atoms with van der Waals surface area (Å²) < 4.78 is 2.15. The summed E-state index contributed by atoms with van der Waals surface area (Å²) in [6.45, 7) is 9.42. The van der Waals surface area contributed by atoms with Gasteiger partial charge in [0.15, 0.2) is 5.96 Å². The van der Waals surface area contributed by atoms with Crippen molar-refractivity contribution in [3.63, 3.8) is 0 Å². The topological polar surface area (TPSA) is 83.3 Å². The van der Waals surface area contributed by atoms with E-state index in [-0.39, 0.29) is 5.91 Å². The number of aromatic nitrogens is 2. The van der Waals surface area contributed by atoms with Gasteiger partial charge in [-0.15, -0.1) is 0 Å². The number of carbonyl (C=O) groups is 1. The lowest BCUT2D eigenvalue weighted by molar-refractivity contribution is 0.0963. The van der Waals surface area contributed by atoms with Crippen molar-refractivity contribution in [3.05, 3.63) is 53.6 Å². The first-order chi connectivity index (χ1) is 13.5. The van der Waals surface area contributed by atoms with E-state index in [1.165, 1.54) is 0 Å². The van der Waals surface area contributed by atoms with E-state index in [4.69, 9.17) is 0 Å². The van der Waals surface area contributed by atoms with Crippen LogP contribution in [0.4, 0.5) is 0 Å². The molecule has 0 saturated carbocycles. The third-order valence-electron chi connectivity index (χ3n) is 4.21. The van der Waals surface area contributed by atoms with Gasteiger partial charge in [-0.1, -0.05) is 26.0 Å². The quantitative estimate of drug-likeness (QED) is 0.457. The number of rotatable bonds is 9. The summed E-state index contributed by atoms with van der Waals surface area (Å²) in [6, 6.07) is 7.68. The summed E-state index contributed by atoms with van der Waals surface area (Å²) in [5.74, 6) is 2.23. The van der Waals surface area contributed by atoms with Gasteiger partial charge >= 0.3 is 0 Å². The lowest BCUT2D eigenvalue weighted by Crippen LogP contribution is -2.38. The average molecular weight is 385 g/mol. The third-order valence-corrected chi connectivity index (χ3v) is 4.21. The van der Waals surface area contributed by atoms with Crippen molar-refractivity contribution in [2.75, 3.05) is 20.1 Å². The molecule has 0 saturated heterocycles. The van der Waals surface area contributed by atoms with E-state index in [9.17, 15) is 4.79 Å². The predicted molar refractivity (Wildman–Crippen MR) is 113 cm³/mol. The number of amides is 1. The molecule has 28 heavy (non-hydrogen) atoms. The van der Waals surface area contributed by atoms with Gasteiger partial charge in [-0.3, -0.25) is 4.79 Å². The molecule has 152 valence electrons. The maximum Gasteiger partial charge on any atom is 0.251 e. The van der Waals surface area contributed by atoms with Crippen molar-refractivity contribution in [2.45, 2.75) is 40.3 Å². The highest BCUT2D eigenvalue weighted by atomic mass is 16.1. The average Bonchev–Trinajstić information content (AvgIpc) is 3.12. The number of aliphatic imine (C=N–C) groups is 1. The zero-order valence-electron chi connectivity index (χ0n) is 17.3. The van der Waals surface area contributed by atoms with Crippen molar-refractivity contribution < 1.29 is 4.79 Å². The zero-order chi connectivity index (χ0) is 20.4. The fraction of sp³-hybridized carbons (Fsp3) is 0.476. The summed E-state index contributed by atoms with van der Waals surface area (Å²) in [6.07, 6.45) is 4.63. The van der Waals surface area contributed by atoms with Gasteiger partial charge in [0.25, 0.3) is 5.91 Å². The highest BCUT2D eigenvalue weighted by Gasteiger charge is 2.06. The smallest absolute Gasteiger partial charge is 0.251 e. The van der Waals surface area contributed by atoms with E-state index < -0.39 is 0 Å². The number of carbonyl (C=O) groups excluding carboxylic acids is 1. The van der Waals surface area contributed by atoms with Crippen molar-refractivity contribution in [1.82, 2.24) is 25.5 Å². The Morgan fingerprint density at radius 2 is 2.11 bits per heavy atom. The normalized spacial score (nSPS) is 11.5. The maximum atomic E-state index is 11.8. The molecular weight excluding hydrogens is 352 g/mol. The second-order valence-electron chi connectivity index (χ2n) is 7.04. The summed E-state index contributed by atoms with van der Waals surface area (Å²) in [7, 11) is 1.64. The number of guanidine groups is 1. The Balaban J connectivity index is 1.93. The molecule has 7 heteroatoms. The molecule has 0 aliphatic carbocycles. The Morgan fingerprint density at radius 1 is 1.29 bits per heavy atom. The van der Waals surface area contributed by atoms with Crippen LogP contribution in [0.15, 0.2) is 41.7 Å². The van der Waals surface area contributed by atoms with Crippen molar-refractivity contribution in [3.8, 4) is 0 Å². The molecule has 1 aromatic carbocycles. The van der Waals surface area contributed by atoms with Crippen LogP contribution >= 0.6 is 0 Å². The number of hydrogen-bond acceptors (Lipinski definition) is 3. The summed E-state index contributed by atoms with van der Waals surface area (Å²) in [5.41, 5.74) is 1.79. The standard InChI is InChI=1S/C21H32N6O/c1-5-23-21(26-14-19-24-11-12-27(19)15-16(2)3)25-10-9-17-7-6-8-18(13-17)20(28)22-4/h6-8,11-13,16H,5,9-10,14-15H2,1-4H3,(H,22,28)(H2,23,25,26). The van der Waals surface area contributed by atoms with E-state index in [1.807, 2.05) is 43.6 Å². The van der Waals surface area contributed by atoms with Gasteiger partial charge < -0.3 is 20.5 Å². The van der Waals surface area contributed by atoms with Gasteiger partial charge in [0.05, 0.1) is 0 Å². The van der Waals surface area contributed by atoms with Gasteiger partial charge in [-0.25, -0.2) is 9.98 Å². The molecule has 0 aliphatic heterocycles. The maximum absolute atomic E-state index is 11.8. The van der Waals surface area contributed by atoms with Crippen molar-refractivity contribution in [1.29, 1.82) is 0 Å². The van der Waals surface area contributed by atoms with Gasteiger partial charge in [0.1, 0.15) is 12.4 Å². The van der Waals surface area contributed by atoms with E-state index in [0.29, 0.717) is 18.0 Å². The first kappa shape index (κ1) is 21.5. The molecule has 0 aliphatic rings. The fourth-order valence-electron chi connectivity index (χ4n) is 2.88. The minimum absolute atomic E-state index is 0.0680. The van der Waals surface area contributed by atoms with Crippen molar-refractivity contribution in [2.24, 2.45) is 10.9 Å². The third kappa shape index (κ3) is 6.72. The SMILES string of the molecule is CCNC(=NCc1nccn1CC(C)C)NCCc1cccc(C(=O)NC)c1. The molecule has 0 fully saturated rings. The molecule has 1 aromatic heterocycles. The second kappa shape index (κ2) is 11.1. The molecular formula is C21H32N6O. The van der Waals surface area contributed by atoms with E-state index in [1.54, 1.807) is 7.05 Å². The molecule has 0 unspecified atom stereocenters. The lowest BCUT2D eigenvalue weighted by atomic mass is 10.1. The molecule has 1 amide bonds. The second-order valence-corrected chi connectivity index (χ2v) is 7.04. The van der Waals surface area contributed by atoms with Crippen LogP contribution < -0.4 is 16.0 Å². The molecule has 2 rings (SSSR count). The molecule has 1 heterocycles. The highest BCUT2D eigenvalue weighted by Crippen LogP contribution is 2.06. The number of imidazole rings is 1. The van der Waals surface area contributed by atoms with Crippen LogP contribution in [0.1, 0.15) is 42.5 Å². The Labute approximate surface area is 167 Å². The number of nitrogens with one attached hydrogen (secondary N) is 3. The predicted octanol–water partition coefficient (Wildman–Crippen LogP) is 2.20. The molecule has 3 N–H and O–H groups in total. The number of nitrogens with zero attached hydrogens (tertiary/aromatic N) is 3. The van der Waals surface area contributed by atoms with Crippen LogP contribution in [0.3, 0.4) is 0 Å². The van der Waals surface area contributed by atoms with Crippen LogP contribution in [-0.4, -0.2) is 41.6 Å². The van der Waals surface area contributed by atoms with Gasteiger partial charge in [0, 0.05) is 44.6 Å². The minimum Gasteiger partial charge on any atom is -0.357 e. The molecule has 2 aromatic rings. The Bertz CT molecular complexity index is 781. The summed E-state index contributed by atoms with van der Waals surface area (Å²) in [4.78, 5) is 20.8. The van der Waals surface area contributed by atoms with Gasteiger partial charge in [-0.05, 0) is 37.0 Å². The van der Waals surface area contributed by atoms with Crippen LogP contribution in [0, 0.1) is 5.92 Å². The first-order valence-electron chi connectivity index (χ1n) is 9.86. The Hall–Kier alpha value is -2.83. The fourth-order valence-corrected chi connectivity index (χ4v) is 2.88. The molecule has 7 nitrogen and oxygen atoms in total. The van der Waals surface area contributed by atoms with E-state index in [2.05, 4.69) is 44.3 Å². The Morgan fingerprint density at radius 3 is 2.82 bits per heavy atom. The van der Waals surface area contributed by atoms with Gasteiger partial charge in [-0.2, -0.15) is 0 Å².